The van der Waals surface area contributed by atoms with E-state index in [0.29, 0.717) is 50.6 Å². The Balaban J connectivity index is 0.000000116. The van der Waals surface area contributed by atoms with Crippen molar-refractivity contribution in [3.8, 4) is 79.2 Å². The summed E-state index contributed by atoms with van der Waals surface area (Å²) in [7, 11) is 3.09. The van der Waals surface area contributed by atoms with Gasteiger partial charge in [-0.2, -0.15) is 15.0 Å². The first kappa shape index (κ1) is 85.4. The molecular weight excluding hydrogens is 1650 g/mol. The van der Waals surface area contributed by atoms with Crippen LogP contribution in [0.2, 0.25) is 0 Å². The molecule has 18 nitrogen and oxygen atoms in total. The molecule has 0 saturated carbocycles. The minimum Gasteiger partial charge on any atom is -0.493 e. The van der Waals surface area contributed by atoms with Crippen molar-refractivity contribution < 1.29 is 29.0 Å². The number of ketones is 3. The van der Waals surface area contributed by atoms with E-state index in [1.807, 2.05) is 220 Å². The van der Waals surface area contributed by atoms with Crippen LogP contribution in [0, 0.1) is 69.2 Å². The van der Waals surface area contributed by atoms with Gasteiger partial charge in [-0.15, -0.1) is 0 Å². The van der Waals surface area contributed by atoms with Crippen molar-refractivity contribution in [3.63, 3.8) is 0 Å². The molecule has 0 atom stereocenters. The third-order valence-electron chi connectivity index (χ3n) is 24.7. The molecule has 0 aliphatic heterocycles. The largest absolute Gasteiger partial charge is 0.493 e. The van der Waals surface area contributed by atoms with Gasteiger partial charge in [-0.05, 0) is 203 Å². The average molecular weight is 1740 g/mol. The van der Waals surface area contributed by atoms with Gasteiger partial charge in [-0.1, -0.05) is 241 Å². The SMILES string of the molecule is COC1=Cc2cnc(OC)c3ccc(-c4ccccc4)c(c23)C1=O.Cc1cc(C)c(-c2nc(-c3c(C)cc(C)cc3C)c3cccc4c3c2C=CC4=O)c(C)c1.Cc1ccc(N=c2ccc3c(-c4ccccc4)[nH]c(-c4ccccc4)c4ccc(=O)c2c43)c(C)c1.Cc1ccc(Nc2nc(O)nc(Nc3ccc(C)c(Nc4ncc5c6c(cccc46)C(=O)c4ccccc4-5)c3)n2)cc1. The number of aromatic amines is 1. The lowest BCUT2D eigenvalue weighted by Gasteiger charge is -2.22. The van der Waals surface area contributed by atoms with Gasteiger partial charge in [0.25, 0.3) is 0 Å². The minimum atomic E-state index is -0.406. The summed E-state index contributed by atoms with van der Waals surface area (Å²) in [6.07, 6.45) is 8.91. The quantitative estimate of drug-likeness (QED) is 0.0679. The van der Waals surface area contributed by atoms with Crippen molar-refractivity contribution in [2.75, 3.05) is 30.2 Å². The van der Waals surface area contributed by atoms with Gasteiger partial charge < -0.3 is 35.5 Å². The molecule has 0 saturated heterocycles. The lowest BCUT2D eigenvalue weighted by molar-refractivity contribution is 0.0957. The first-order valence-corrected chi connectivity index (χ1v) is 43.9. The van der Waals surface area contributed by atoms with E-state index in [4.69, 9.17) is 24.4 Å². The monoisotopic (exact) mass is 1740 g/mol. The highest BCUT2D eigenvalue weighted by Crippen LogP contribution is 2.47. The predicted molar refractivity (Wildman–Crippen MR) is 537 cm³/mol. The Morgan fingerprint density at radius 1 is 0.368 bits per heavy atom. The number of benzene rings is 14. The number of aryl methyl sites for hydroxylation is 10. The second kappa shape index (κ2) is 35.6. The van der Waals surface area contributed by atoms with Crippen LogP contribution in [0.25, 0.3) is 133 Å². The standard InChI is InChI=1S/C33H25N7O2.C32H24N2O.C30H27NO.C20H15NO3/c1-18-10-13-20(14-11-18)35-31-38-32(40-33(42)39-31)36-21-15-12-19(2)27(16-21)37-30-25-9-5-8-24-28(25)26(17-34-30)22-6-3-4-7-23(22)29(24)41;1-20-13-16-26(21(2)19-20)33-27-17-14-24-29-25(15-18-28(35)30(27)29)32(23-11-7-4-8-12-23)34-31(24)22-9-5-3-6-10-22;1-16-12-18(3)26(19(4)13-16)29-23-9-7-8-22-25(32)11-10-24(28(22)23)30(31-29)27-20(5)14-17(2)15-21(27)6;1-23-16-10-13-11-21-20(24-2)15-9-8-14(12-6-4-3-5-7-12)18(17(13)15)19(16)22/h3-17H,1-2H3,(H,34,37)(H3,35,36,38,39,40,42);3-19,34H,1-2H3;7-15H,1-6H3;3-11H,1-2H3. The zero-order valence-corrected chi connectivity index (χ0v) is 75.4. The molecular formula is C115H91N11O7. The van der Waals surface area contributed by atoms with Crippen LogP contribution in [0.15, 0.2) is 307 Å². The van der Waals surface area contributed by atoms with E-state index >= 15 is 0 Å². The summed E-state index contributed by atoms with van der Waals surface area (Å²) in [6.45, 7) is 21.0. The van der Waals surface area contributed by atoms with Gasteiger partial charge in [0.05, 0.1) is 53.4 Å². The number of hydrogen-bond donors (Lipinski definition) is 5. The molecule has 0 amide bonds. The fraction of sp³-hybridized carbons (Fsp3) is 0.104. The summed E-state index contributed by atoms with van der Waals surface area (Å²) < 4.78 is 10.7. The Kier molecular flexibility index (Phi) is 22.9. The first-order valence-electron chi connectivity index (χ1n) is 43.9. The van der Waals surface area contributed by atoms with Crippen LogP contribution < -0.4 is 31.5 Å². The van der Waals surface area contributed by atoms with Gasteiger partial charge >= 0.3 is 6.01 Å². The van der Waals surface area contributed by atoms with E-state index in [1.165, 1.54) is 46.1 Å². The van der Waals surface area contributed by atoms with Crippen LogP contribution in [-0.4, -0.2) is 71.6 Å². The Bertz CT molecular complexity index is 8110. The average Bonchev–Trinajstić information content (AvgIpc) is 0.749. The molecule has 0 bridgehead atoms. The number of allylic oxidation sites excluding steroid dienone is 2. The number of aromatic nitrogens is 7. The molecule has 0 unspecified atom stereocenters. The highest BCUT2D eigenvalue weighted by atomic mass is 16.5. The van der Waals surface area contributed by atoms with Crippen molar-refractivity contribution in [1.29, 1.82) is 0 Å². The van der Waals surface area contributed by atoms with Gasteiger partial charge in [0, 0.05) is 128 Å². The number of pyridine rings is 4. The second-order valence-electron chi connectivity index (χ2n) is 33.9. The third-order valence-corrected chi connectivity index (χ3v) is 24.7. The van der Waals surface area contributed by atoms with Crippen LogP contribution >= 0.6 is 0 Å². The summed E-state index contributed by atoms with van der Waals surface area (Å²) in [6, 6.07) is 89.6. The van der Waals surface area contributed by atoms with Crippen molar-refractivity contribution in [2.24, 2.45) is 4.99 Å². The Labute approximate surface area is 768 Å². The fourth-order valence-corrected chi connectivity index (χ4v) is 18.8. The highest BCUT2D eigenvalue weighted by molar-refractivity contribution is 6.28. The number of ether oxygens (including phenoxy) is 2. The number of carbonyl (C=O) groups is 3. The number of nitrogens with one attached hydrogen (secondary N) is 4. The topological polar surface area (TPSA) is 249 Å². The van der Waals surface area contributed by atoms with Crippen molar-refractivity contribution in [3.05, 3.63) is 402 Å². The number of Topliss-reactive ketones (excluding diaryl/α,β-unsaturated/α-hetero) is 1. The van der Waals surface area contributed by atoms with Gasteiger partial charge in [-0.3, -0.25) is 19.2 Å². The third kappa shape index (κ3) is 16.3. The van der Waals surface area contributed by atoms with Crippen LogP contribution in [0.1, 0.15) is 103 Å². The van der Waals surface area contributed by atoms with E-state index in [9.17, 15) is 24.3 Å². The summed E-state index contributed by atoms with van der Waals surface area (Å²) in [5, 5.41) is 29.7. The molecule has 648 valence electrons. The minimum absolute atomic E-state index is 0.0140. The van der Waals surface area contributed by atoms with Gasteiger partial charge in [-0.25, -0.2) is 19.9 Å². The molecule has 0 fully saturated rings. The summed E-state index contributed by atoms with van der Waals surface area (Å²) in [4.78, 5) is 88.1. The number of methoxy groups -OCH3 is 2. The molecule has 22 rings (SSSR count). The lowest BCUT2D eigenvalue weighted by atomic mass is 9.84. The highest BCUT2D eigenvalue weighted by Gasteiger charge is 2.31. The Morgan fingerprint density at radius 3 is 1.59 bits per heavy atom. The Morgan fingerprint density at radius 2 is 0.940 bits per heavy atom. The molecule has 133 heavy (non-hydrogen) atoms. The molecule has 0 spiro atoms. The van der Waals surface area contributed by atoms with E-state index in [2.05, 4.69) is 169 Å². The molecule has 5 heterocycles. The second-order valence-corrected chi connectivity index (χ2v) is 33.9. The number of carbonyl (C=O) groups excluding carboxylic acids is 3. The molecule has 0 radical (unpaired) electrons. The molecule has 19 aromatic rings. The zero-order chi connectivity index (χ0) is 92.1. The maximum atomic E-state index is 13.4. The van der Waals surface area contributed by atoms with Crippen LogP contribution in [0.4, 0.5) is 40.5 Å². The molecule has 14 aromatic carbocycles. The van der Waals surface area contributed by atoms with Gasteiger partial charge in [0.15, 0.2) is 22.8 Å². The predicted octanol–water partition coefficient (Wildman–Crippen LogP) is 26.2. The van der Waals surface area contributed by atoms with E-state index < -0.39 is 6.01 Å². The van der Waals surface area contributed by atoms with Crippen LogP contribution in [0.5, 0.6) is 11.9 Å². The van der Waals surface area contributed by atoms with Crippen LogP contribution in [0.3, 0.4) is 0 Å². The molecule has 5 aromatic heterocycles. The number of aromatic hydroxyl groups is 1. The lowest BCUT2D eigenvalue weighted by Crippen LogP contribution is -2.14. The first-order chi connectivity index (χ1) is 64.5. The van der Waals surface area contributed by atoms with E-state index in [-0.39, 0.29) is 34.7 Å². The smallest absolute Gasteiger partial charge is 0.320 e. The number of rotatable bonds is 14. The summed E-state index contributed by atoms with van der Waals surface area (Å²) in [5.74, 6) is 1.82. The summed E-state index contributed by atoms with van der Waals surface area (Å²) >= 11 is 0. The van der Waals surface area contributed by atoms with Crippen molar-refractivity contribution in [2.45, 2.75) is 69.2 Å². The molecule has 18 heteroatoms. The Hall–Kier alpha value is -17.0. The van der Waals surface area contributed by atoms with E-state index in [0.717, 1.165) is 166 Å². The van der Waals surface area contributed by atoms with Crippen molar-refractivity contribution >= 4 is 124 Å². The summed E-state index contributed by atoms with van der Waals surface area (Å²) in [5.41, 5.74) is 31.6. The van der Waals surface area contributed by atoms with Gasteiger partial charge in [0.1, 0.15) is 5.82 Å². The van der Waals surface area contributed by atoms with Gasteiger partial charge in [0.2, 0.25) is 23.6 Å². The van der Waals surface area contributed by atoms with E-state index in [1.54, 1.807) is 31.5 Å². The number of nitrogens with zero attached hydrogens (tertiary/aromatic N) is 7. The maximum absolute atomic E-state index is 13.4. The normalized spacial score (nSPS) is 12.2. The number of fused-ring (bicyclic) bond motifs is 2. The van der Waals surface area contributed by atoms with Crippen molar-refractivity contribution in [1.82, 2.24) is 34.9 Å². The maximum Gasteiger partial charge on any atom is 0.320 e. The van der Waals surface area contributed by atoms with Crippen LogP contribution in [-0.2, 0) is 4.74 Å². The molecule has 3 aliphatic rings. The molecule has 5 N–H and O–H groups in total. The zero-order valence-electron chi connectivity index (χ0n) is 75.4. The number of H-pyrrole nitrogens is 1. The number of anilines is 6. The number of hydrogen-bond acceptors (Lipinski definition) is 17. The fourth-order valence-electron chi connectivity index (χ4n) is 18.8. The molecule has 3 aliphatic carbocycles.